The molecule has 18 heavy (non-hydrogen) atoms. The molecule has 0 fully saturated rings. The van der Waals surface area contributed by atoms with Gasteiger partial charge in [0, 0.05) is 12.7 Å². The van der Waals surface area contributed by atoms with Crippen LogP contribution >= 0.6 is 23.2 Å². The number of hydrogen-bond acceptors (Lipinski definition) is 2. The Morgan fingerprint density at radius 1 is 1.22 bits per heavy atom. The molecule has 1 aromatic carbocycles. The molecule has 1 aromatic heterocycles. The fraction of sp³-hybridized carbons (Fsp3) is 0.154. The van der Waals surface area contributed by atoms with E-state index >= 15 is 0 Å². The summed E-state index contributed by atoms with van der Waals surface area (Å²) in [5.74, 6) is 0.354. The number of benzene rings is 1. The Morgan fingerprint density at radius 3 is 2.72 bits per heavy atom. The van der Waals surface area contributed by atoms with Gasteiger partial charge in [0.2, 0.25) is 0 Å². The number of aromatic nitrogens is 1. The van der Waals surface area contributed by atoms with Crippen LogP contribution in [-0.4, -0.2) is 11.5 Å². The van der Waals surface area contributed by atoms with Crippen molar-refractivity contribution >= 4 is 29.0 Å². The number of pyridine rings is 1. The lowest BCUT2D eigenvalue weighted by atomic mass is 10.1. The van der Waals surface area contributed by atoms with Crippen molar-refractivity contribution in [2.24, 2.45) is 0 Å². The molecule has 0 spiro atoms. The normalized spacial score (nSPS) is 10.4. The molecule has 2 nitrogen and oxygen atoms in total. The van der Waals surface area contributed by atoms with Gasteiger partial charge in [0.25, 0.3) is 0 Å². The molecule has 0 aliphatic heterocycles. The summed E-state index contributed by atoms with van der Waals surface area (Å²) in [6.07, 6.45) is 2.08. The molecule has 0 amide bonds. The van der Waals surface area contributed by atoms with E-state index in [1.807, 2.05) is 6.07 Å². The molecule has 0 aliphatic rings. The smallest absolute Gasteiger partial charge is 0.144 e. The van der Waals surface area contributed by atoms with Crippen molar-refractivity contribution < 1.29 is 4.39 Å². The molecular formula is C13H11Cl2FN2. The van der Waals surface area contributed by atoms with Crippen molar-refractivity contribution in [3.05, 3.63) is 58.0 Å². The van der Waals surface area contributed by atoms with Gasteiger partial charge in [0.1, 0.15) is 11.6 Å². The molecule has 0 bridgehead atoms. The van der Waals surface area contributed by atoms with Crippen molar-refractivity contribution in [2.45, 2.75) is 6.42 Å². The maximum atomic E-state index is 13.4. The Hall–Kier alpha value is -1.32. The van der Waals surface area contributed by atoms with Gasteiger partial charge >= 0.3 is 0 Å². The predicted molar refractivity (Wildman–Crippen MR) is 72.9 cm³/mol. The highest BCUT2D eigenvalue weighted by Gasteiger charge is 2.04. The van der Waals surface area contributed by atoms with Crippen LogP contribution in [0.1, 0.15) is 5.56 Å². The van der Waals surface area contributed by atoms with Gasteiger partial charge in [-0.25, -0.2) is 9.37 Å². The lowest BCUT2D eigenvalue weighted by Crippen LogP contribution is -2.07. The molecule has 94 valence electrons. The minimum Gasteiger partial charge on any atom is -0.369 e. The largest absolute Gasteiger partial charge is 0.369 e. The highest BCUT2D eigenvalue weighted by Crippen LogP contribution is 2.22. The van der Waals surface area contributed by atoms with Crippen LogP contribution < -0.4 is 5.32 Å². The molecule has 2 aromatic rings. The van der Waals surface area contributed by atoms with Crippen LogP contribution in [0.3, 0.4) is 0 Å². The number of halogens is 3. The Bertz CT molecular complexity index is 546. The molecule has 1 N–H and O–H groups in total. The molecule has 2 rings (SSSR count). The molecule has 1 heterocycles. The fourth-order valence-corrected chi connectivity index (χ4v) is 2.01. The number of nitrogens with zero attached hydrogens (tertiary/aromatic N) is 1. The summed E-state index contributed by atoms with van der Waals surface area (Å²) in [6.45, 7) is 0.551. The van der Waals surface area contributed by atoms with Crippen LogP contribution in [0.15, 0.2) is 36.5 Å². The van der Waals surface area contributed by atoms with Crippen LogP contribution in [0, 0.1) is 5.82 Å². The van der Waals surface area contributed by atoms with Gasteiger partial charge in [-0.3, -0.25) is 0 Å². The fourth-order valence-electron chi connectivity index (χ4n) is 1.56. The molecule has 0 saturated heterocycles. The summed E-state index contributed by atoms with van der Waals surface area (Å²) in [5, 5.41) is 3.99. The average molecular weight is 285 g/mol. The van der Waals surface area contributed by atoms with Gasteiger partial charge in [0.15, 0.2) is 0 Å². The Kier molecular flexibility index (Phi) is 4.39. The van der Waals surface area contributed by atoms with E-state index in [1.54, 1.807) is 18.2 Å². The zero-order chi connectivity index (χ0) is 13.0. The van der Waals surface area contributed by atoms with Crippen LogP contribution in [-0.2, 0) is 6.42 Å². The lowest BCUT2D eigenvalue weighted by Gasteiger charge is -2.08. The molecule has 0 saturated carbocycles. The highest BCUT2D eigenvalue weighted by molar-refractivity contribution is 6.35. The maximum Gasteiger partial charge on any atom is 0.144 e. The van der Waals surface area contributed by atoms with Gasteiger partial charge in [-0.05, 0) is 24.1 Å². The summed E-state index contributed by atoms with van der Waals surface area (Å²) >= 11 is 11.7. The second kappa shape index (κ2) is 6.03. The van der Waals surface area contributed by atoms with Gasteiger partial charge in [-0.1, -0.05) is 41.4 Å². The van der Waals surface area contributed by atoms with Crippen molar-refractivity contribution in [3.63, 3.8) is 0 Å². The second-order valence-electron chi connectivity index (χ2n) is 3.75. The molecule has 0 atom stereocenters. The van der Waals surface area contributed by atoms with Gasteiger partial charge in [0.05, 0.1) is 10.0 Å². The topological polar surface area (TPSA) is 24.9 Å². The number of rotatable bonds is 4. The van der Waals surface area contributed by atoms with E-state index in [9.17, 15) is 4.39 Å². The first-order valence-corrected chi connectivity index (χ1v) is 6.21. The number of nitrogens with one attached hydrogen (secondary N) is 1. The Morgan fingerprint density at radius 2 is 2.00 bits per heavy atom. The molecule has 0 aliphatic carbocycles. The van der Waals surface area contributed by atoms with E-state index in [0.29, 0.717) is 34.4 Å². The monoisotopic (exact) mass is 284 g/mol. The summed E-state index contributed by atoms with van der Waals surface area (Å²) in [4.78, 5) is 4.06. The SMILES string of the molecule is Fc1ccccc1CCNc1ncc(Cl)cc1Cl. The number of hydrogen-bond donors (Lipinski definition) is 1. The minimum atomic E-state index is -0.200. The standard InChI is InChI=1S/C13H11Cl2FN2/c14-10-7-11(15)13(18-8-10)17-6-5-9-3-1-2-4-12(9)16/h1-4,7-8H,5-6H2,(H,17,18). The van der Waals surface area contributed by atoms with Crippen LogP contribution in [0.25, 0.3) is 0 Å². The lowest BCUT2D eigenvalue weighted by molar-refractivity contribution is 0.610. The maximum absolute atomic E-state index is 13.4. The zero-order valence-corrected chi connectivity index (χ0v) is 11.0. The summed E-state index contributed by atoms with van der Waals surface area (Å²) in [5.41, 5.74) is 0.662. The van der Waals surface area contributed by atoms with Gasteiger partial charge < -0.3 is 5.32 Å². The van der Waals surface area contributed by atoms with Gasteiger partial charge in [-0.2, -0.15) is 0 Å². The number of anilines is 1. The van der Waals surface area contributed by atoms with Crippen molar-refractivity contribution in [1.82, 2.24) is 4.98 Å². The average Bonchev–Trinajstić information content (AvgIpc) is 2.34. The van der Waals surface area contributed by atoms with E-state index in [2.05, 4.69) is 10.3 Å². The Balaban J connectivity index is 1.95. The third-order valence-corrected chi connectivity index (χ3v) is 2.95. The predicted octanol–water partition coefficient (Wildman–Crippen LogP) is 4.18. The first-order chi connectivity index (χ1) is 8.66. The Labute approximate surface area is 115 Å². The zero-order valence-electron chi connectivity index (χ0n) is 9.46. The third kappa shape index (κ3) is 3.34. The molecule has 0 radical (unpaired) electrons. The van der Waals surface area contributed by atoms with E-state index in [4.69, 9.17) is 23.2 Å². The molecule has 0 unspecified atom stereocenters. The van der Waals surface area contributed by atoms with Crippen molar-refractivity contribution in [1.29, 1.82) is 0 Å². The van der Waals surface area contributed by atoms with Crippen LogP contribution in [0.5, 0.6) is 0 Å². The summed E-state index contributed by atoms with van der Waals surface area (Å²) in [6, 6.07) is 8.30. The molecular weight excluding hydrogens is 274 g/mol. The first-order valence-electron chi connectivity index (χ1n) is 5.45. The van der Waals surface area contributed by atoms with Crippen LogP contribution in [0.2, 0.25) is 10.0 Å². The van der Waals surface area contributed by atoms with Crippen LogP contribution in [0.4, 0.5) is 10.2 Å². The van der Waals surface area contributed by atoms with E-state index < -0.39 is 0 Å². The molecule has 5 heteroatoms. The van der Waals surface area contributed by atoms with Crippen molar-refractivity contribution in [2.75, 3.05) is 11.9 Å². The van der Waals surface area contributed by atoms with E-state index in [1.165, 1.54) is 12.3 Å². The van der Waals surface area contributed by atoms with Crippen molar-refractivity contribution in [3.8, 4) is 0 Å². The quantitative estimate of drug-likeness (QED) is 0.911. The van der Waals surface area contributed by atoms with Gasteiger partial charge in [-0.15, -0.1) is 0 Å². The highest BCUT2D eigenvalue weighted by atomic mass is 35.5. The van der Waals surface area contributed by atoms with E-state index in [-0.39, 0.29) is 5.82 Å². The first kappa shape index (κ1) is 13.1. The van der Waals surface area contributed by atoms with E-state index in [0.717, 1.165) is 0 Å². The second-order valence-corrected chi connectivity index (χ2v) is 4.60. The third-order valence-electron chi connectivity index (χ3n) is 2.45. The summed E-state index contributed by atoms with van der Waals surface area (Å²) in [7, 11) is 0. The minimum absolute atomic E-state index is 0.200. The summed E-state index contributed by atoms with van der Waals surface area (Å²) < 4.78 is 13.4.